The second-order valence-corrected chi connectivity index (χ2v) is 6.15. The number of carbonyl (C=O) groups excluding carboxylic acids is 2. The molecule has 2 N–H and O–H groups in total. The predicted molar refractivity (Wildman–Crippen MR) is 93.8 cm³/mol. The average molecular weight is 346 g/mol. The Balaban J connectivity index is 2.44. The first-order valence-corrected chi connectivity index (χ1v) is 7.93. The Kier molecular flexibility index (Phi) is 5.52. The summed E-state index contributed by atoms with van der Waals surface area (Å²) >= 11 is 5.91. The van der Waals surface area contributed by atoms with Crippen molar-refractivity contribution >= 4 is 51.1 Å². The van der Waals surface area contributed by atoms with E-state index in [1.807, 2.05) is 6.92 Å². The van der Waals surface area contributed by atoms with Crippen molar-refractivity contribution in [2.24, 2.45) is 4.99 Å². The molecule has 0 atom stereocenters. The van der Waals surface area contributed by atoms with Gasteiger partial charge in [-0.3, -0.25) is 9.59 Å². The van der Waals surface area contributed by atoms with Crippen LogP contribution in [0.3, 0.4) is 0 Å². The van der Waals surface area contributed by atoms with Gasteiger partial charge in [0.05, 0.1) is 17.3 Å². The molecule has 0 spiro atoms. The molecule has 23 heavy (non-hydrogen) atoms. The van der Waals surface area contributed by atoms with Crippen LogP contribution in [0.25, 0.3) is 0 Å². The van der Waals surface area contributed by atoms with Gasteiger partial charge >= 0.3 is 0 Å². The standard InChI is InChI=1S/C16H14N2O3S2/c1-9-13(7-19)14(16(23-9)17-8-22)15(21)11-3-5-12(6-4-11)18-10(2)20/h3-6,19H,7H2,1-2H3,(H,18,20). The molecule has 7 heteroatoms. The van der Waals surface area contributed by atoms with Crippen molar-refractivity contribution in [2.75, 3.05) is 5.32 Å². The van der Waals surface area contributed by atoms with E-state index in [4.69, 9.17) is 0 Å². The maximum absolute atomic E-state index is 12.8. The van der Waals surface area contributed by atoms with E-state index in [0.29, 0.717) is 27.4 Å². The lowest BCUT2D eigenvalue weighted by Crippen LogP contribution is -2.07. The molecule has 0 aliphatic rings. The van der Waals surface area contributed by atoms with Crippen LogP contribution in [0, 0.1) is 6.92 Å². The summed E-state index contributed by atoms with van der Waals surface area (Å²) in [6, 6.07) is 6.53. The average Bonchev–Trinajstić information content (AvgIpc) is 2.82. The van der Waals surface area contributed by atoms with Crippen LogP contribution in [0.5, 0.6) is 0 Å². The van der Waals surface area contributed by atoms with Gasteiger partial charge in [0.25, 0.3) is 0 Å². The highest BCUT2D eigenvalue weighted by Crippen LogP contribution is 2.36. The van der Waals surface area contributed by atoms with Crippen molar-refractivity contribution in [3.8, 4) is 0 Å². The Bertz CT molecular complexity index is 803. The third kappa shape index (κ3) is 3.78. The van der Waals surface area contributed by atoms with Crippen LogP contribution in [0.2, 0.25) is 0 Å². The van der Waals surface area contributed by atoms with Crippen molar-refractivity contribution in [3.63, 3.8) is 0 Å². The molecule has 5 nitrogen and oxygen atoms in total. The molecule has 0 saturated heterocycles. The summed E-state index contributed by atoms with van der Waals surface area (Å²) < 4.78 is 0. The summed E-state index contributed by atoms with van der Waals surface area (Å²) in [7, 11) is 0. The Hall–Kier alpha value is -2.18. The van der Waals surface area contributed by atoms with Crippen molar-refractivity contribution in [3.05, 3.63) is 45.8 Å². The molecule has 0 bridgehead atoms. The normalized spacial score (nSPS) is 10.0. The van der Waals surface area contributed by atoms with Gasteiger partial charge in [-0.25, -0.2) is 0 Å². The first-order chi connectivity index (χ1) is 11.0. The second-order valence-electron chi connectivity index (χ2n) is 4.77. The second kappa shape index (κ2) is 7.39. The zero-order chi connectivity index (χ0) is 17.0. The van der Waals surface area contributed by atoms with Gasteiger partial charge in [0.2, 0.25) is 5.91 Å². The fraction of sp³-hybridized carbons (Fsp3) is 0.188. The molecule has 0 saturated carbocycles. The van der Waals surface area contributed by atoms with Gasteiger partial charge in [0, 0.05) is 28.6 Å². The lowest BCUT2D eigenvalue weighted by Gasteiger charge is -2.06. The molecule has 0 unspecified atom stereocenters. The summed E-state index contributed by atoms with van der Waals surface area (Å²) in [5.41, 5.74) is 1.94. The van der Waals surface area contributed by atoms with E-state index in [1.165, 1.54) is 18.3 Å². The van der Waals surface area contributed by atoms with Crippen molar-refractivity contribution in [2.45, 2.75) is 20.5 Å². The molecule has 0 aliphatic heterocycles. The minimum absolute atomic E-state index is 0.183. The van der Waals surface area contributed by atoms with Crippen LogP contribution in [0.1, 0.15) is 33.3 Å². The van der Waals surface area contributed by atoms with Crippen LogP contribution in [0.4, 0.5) is 10.7 Å². The molecule has 1 heterocycles. The number of benzene rings is 1. The number of hydrogen-bond donors (Lipinski definition) is 2. The maximum atomic E-state index is 12.8. The summed E-state index contributed by atoms with van der Waals surface area (Å²) in [6.07, 6.45) is 0. The Morgan fingerprint density at radius 1 is 1.35 bits per heavy atom. The number of isothiocyanates is 1. The highest BCUT2D eigenvalue weighted by atomic mass is 32.1. The fourth-order valence-corrected chi connectivity index (χ4v) is 3.30. The number of aryl methyl sites for hydroxylation is 1. The number of ketones is 1. The van der Waals surface area contributed by atoms with Crippen molar-refractivity contribution < 1.29 is 14.7 Å². The van der Waals surface area contributed by atoms with E-state index < -0.39 is 0 Å². The monoisotopic (exact) mass is 346 g/mol. The molecule has 0 fully saturated rings. The minimum Gasteiger partial charge on any atom is -0.392 e. The number of nitrogens with zero attached hydrogens (tertiary/aromatic N) is 1. The SMILES string of the molecule is CC(=O)Nc1ccc(C(=O)c2c(N=C=S)sc(C)c2CO)cc1. The smallest absolute Gasteiger partial charge is 0.221 e. The maximum Gasteiger partial charge on any atom is 0.221 e. The molecule has 2 rings (SSSR count). The highest BCUT2D eigenvalue weighted by molar-refractivity contribution is 7.78. The summed E-state index contributed by atoms with van der Waals surface area (Å²) in [5.74, 6) is -0.436. The molecule has 0 radical (unpaired) electrons. The number of aliphatic hydroxyl groups excluding tert-OH is 1. The fourth-order valence-electron chi connectivity index (χ4n) is 2.16. The van der Waals surface area contributed by atoms with Gasteiger partial charge in [-0.15, -0.1) is 11.3 Å². The number of aliphatic imine (C=N–C) groups is 1. The number of thiocarbonyl (C=S) groups is 1. The number of carbonyl (C=O) groups is 2. The van der Waals surface area contributed by atoms with Crippen LogP contribution in [-0.2, 0) is 11.4 Å². The Morgan fingerprint density at radius 3 is 2.52 bits per heavy atom. The lowest BCUT2D eigenvalue weighted by molar-refractivity contribution is -0.114. The largest absolute Gasteiger partial charge is 0.392 e. The minimum atomic E-state index is -0.253. The van der Waals surface area contributed by atoms with E-state index in [1.54, 1.807) is 24.3 Å². The lowest BCUT2D eigenvalue weighted by atomic mass is 10.0. The number of rotatable bonds is 5. The van der Waals surface area contributed by atoms with Gasteiger partial charge in [0.1, 0.15) is 5.00 Å². The molecular formula is C16H14N2O3S2. The summed E-state index contributed by atoms with van der Waals surface area (Å²) in [5, 5.41) is 14.9. The van der Waals surface area contributed by atoms with E-state index in [0.717, 1.165) is 4.88 Å². The van der Waals surface area contributed by atoms with E-state index in [2.05, 4.69) is 27.7 Å². The number of anilines is 1. The predicted octanol–water partition coefficient (Wildman–Crippen LogP) is 3.47. The van der Waals surface area contributed by atoms with Gasteiger partial charge in [-0.05, 0) is 43.4 Å². The number of aliphatic hydroxyl groups is 1. The zero-order valence-corrected chi connectivity index (χ0v) is 14.2. The van der Waals surface area contributed by atoms with E-state index in [-0.39, 0.29) is 18.3 Å². The van der Waals surface area contributed by atoms with Crippen LogP contribution in [0.15, 0.2) is 29.3 Å². The summed E-state index contributed by atoms with van der Waals surface area (Å²) in [6.45, 7) is 2.98. The number of amides is 1. The van der Waals surface area contributed by atoms with E-state index in [9.17, 15) is 14.7 Å². The molecule has 2 aromatic rings. The number of nitrogens with one attached hydrogen (secondary N) is 1. The number of thiophene rings is 1. The zero-order valence-electron chi connectivity index (χ0n) is 12.5. The van der Waals surface area contributed by atoms with Gasteiger partial charge in [-0.2, -0.15) is 4.99 Å². The molecule has 118 valence electrons. The molecule has 0 aliphatic carbocycles. The van der Waals surface area contributed by atoms with Gasteiger partial charge < -0.3 is 10.4 Å². The molecule has 1 amide bonds. The van der Waals surface area contributed by atoms with E-state index >= 15 is 0 Å². The molecule has 1 aromatic carbocycles. The van der Waals surface area contributed by atoms with Crippen LogP contribution >= 0.6 is 23.6 Å². The topological polar surface area (TPSA) is 78.8 Å². The van der Waals surface area contributed by atoms with Gasteiger partial charge in [0.15, 0.2) is 5.78 Å². The van der Waals surface area contributed by atoms with Crippen molar-refractivity contribution in [1.29, 1.82) is 0 Å². The Morgan fingerprint density at radius 2 is 2.00 bits per heavy atom. The highest BCUT2D eigenvalue weighted by Gasteiger charge is 2.22. The third-order valence-electron chi connectivity index (χ3n) is 3.19. The van der Waals surface area contributed by atoms with Gasteiger partial charge in [-0.1, -0.05) is 0 Å². The third-order valence-corrected chi connectivity index (χ3v) is 4.32. The number of hydrogen-bond acceptors (Lipinski definition) is 6. The Labute approximate surface area is 142 Å². The first kappa shape index (κ1) is 17.2. The molecular weight excluding hydrogens is 332 g/mol. The quantitative estimate of drug-likeness (QED) is 0.494. The summed E-state index contributed by atoms with van der Waals surface area (Å²) in [4.78, 5) is 28.5. The van der Waals surface area contributed by atoms with Crippen molar-refractivity contribution in [1.82, 2.24) is 0 Å². The van der Waals surface area contributed by atoms with Crippen LogP contribution in [-0.4, -0.2) is 22.0 Å². The van der Waals surface area contributed by atoms with Crippen LogP contribution < -0.4 is 5.32 Å². The molecule has 1 aromatic heterocycles. The first-order valence-electron chi connectivity index (χ1n) is 6.71.